The maximum atomic E-state index is 11.6. The summed E-state index contributed by atoms with van der Waals surface area (Å²) >= 11 is 6.05. The molecule has 0 aliphatic rings. The van der Waals surface area contributed by atoms with Crippen LogP contribution in [0.4, 0.5) is 0 Å². The second-order valence-electron chi connectivity index (χ2n) is 5.55. The van der Waals surface area contributed by atoms with E-state index >= 15 is 0 Å². The molecule has 0 fully saturated rings. The zero-order chi connectivity index (χ0) is 16.2. The summed E-state index contributed by atoms with van der Waals surface area (Å²) in [4.78, 5) is 11.6. The molecule has 1 aromatic heterocycles. The first-order chi connectivity index (χ1) is 11.1. The number of carbonyl (C=O) groups excluding carboxylic acids is 1. The number of hydrogen-bond acceptors (Lipinski definition) is 2. The molecule has 0 unspecified atom stereocenters. The van der Waals surface area contributed by atoms with Crippen molar-refractivity contribution >= 4 is 17.4 Å². The van der Waals surface area contributed by atoms with Crippen molar-refractivity contribution in [2.24, 2.45) is 0 Å². The second kappa shape index (κ2) is 6.80. The van der Waals surface area contributed by atoms with E-state index in [1.165, 1.54) is 0 Å². The van der Waals surface area contributed by atoms with E-state index in [1.807, 2.05) is 65.3 Å². The lowest BCUT2D eigenvalue weighted by atomic mass is 10.1. The predicted molar refractivity (Wildman–Crippen MR) is 92.6 cm³/mol. The molecule has 0 amide bonds. The van der Waals surface area contributed by atoms with E-state index in [1.54, 1.807) is 6.92 Å². The van der Waals surface area contributed by atoms with Crippen LogP contribution in [-0.4, -0.2) is 15.6 Å². The standard InChI is InChI=1S/C19H17ClN2O/c1-14(23)10-18-12-19(16-7-3-2-4-8-16)21-22(18)13-15-6-5-9-17(20)11-15/h2-9,11-12H,10,13H2,1H3. The summed E-state index contributed by atoms with van der Waals surface area (Å²) < 4.78 is 1.88. The smallest absolute Gasteiger partial charge is 0.135 e. The molecular weight excluding hydrogens is 308 g/mol. The minimum Gasteiger partial charge on any atom is -0.300 e. The first-order valence-corrected chi connectivity index (χ1v) is 7.85. The number of hydrogen-bond donors (Lipinski definition) is 0. The minimum atomic E-state index is 0.122. The Labute approximate surface area is 140 Å². The molecule has 1 heterocycles. The van der Waals surface area contributed by atoms with Gasteiger partial charge in [0.15, 0.2) is 0 Å². The number of benzene rings is 2. The third kappa shape index (κ3) is 3.88. The van der Waals surface area contributed by atoms with E-state index in [0.29, 0.717) is 18.0 Å². The van der Waals surface area contributed by atoms with E-state index in [4.69, 9.17) is 11.6 Å². The quantitative estimate of drug-likeness (QED) is 0.698. The van der Waals surface area contributed by atoms with Crippen molar-refractivity contribution in [1.82, 2.24) is 9.78 Å². The van der Waals surface area contributed by atoms with Gasteiger partial charge in [0.05, 0.1) is 12.2 Å². The number of ketones is 1. The fraction of sp³-hybridized carbons (Fsp3) is 0.158. The van der Waals surface area contributed by atoms with Crippen LogP contribution in [0.25, 0.3) is 11.3 Å². The zero-order valence-electron chi connectivity index (χ0n) is 12.9. The molecule has 0 aliphatic heterocycles. The van der Waals surface area contributed by atoms with Crippen LogP contribution in [0.15, 0.2) is 60.7 Å². The summed E-state index contributed by atoms with van der Waals surface area (Å²) in [6, 6.07) is 19.7. The van der Waals surface area contributed by atoms with Crippen molar-refractivity contribution in [3.8, 4) is 11.3 Å². The fourth-order valence-corrected chi connectivity index (χ4v) is 2.76. The summed E-state index contributed by atoms with van der Waals surface area (Å²) in [5, 5.41) is 5.38. The Hall–Kier alpha value is -2.39. The van der Waals surface area contributed by atoms with Gasteiger partial charge >= 0.3 is 0 Å². The fourth-order valence-electron chi connectivity index (χ4n) is 2.55. The van der Waals surface area contributed by atoms with E-state index in [-0.39, 0.29) is 5.78 Å². The first kappa shape index (κ1) is 15.5. The monoisotopic (exact) mass is 324 g/mol. The zero-order valence-corrected chi connectivity index (χ0v) is 13.6. The molecule has 0 radical (unpaired) electrons. The summed E-state index contributed by atoms with van der Waals surface area (Å²) in [5.74, 6) is 0.122. The molecule has 0 aliphatic carbocycles. The Bertz CT molecular complexity index is 824. The van der Waals surface area contributed by atoms with Gasteiger partial charge in [-0.2, -0.15) is 5.10 Å². The van der Waals surface area contributed by atoms with Gasteiger partial charge in [-0.1, -0.05) is 54.1 Å². The Morgan fingerprint density at radius 2 is 1.87 bits per heavy atom. The molecule has 0 spiro atoms. The van der Waals surface area contributed by atoms with E-state index < -0.39 is 0 Å². The molecule has 0 saturated heterocycles. The van der Waals surface area contributed by atoms with Gasteiger partial charge in [0, 0.05) is 22.7 Å². The average molecular weight is 325 g/mol. The highest BCUT2D eigenvalue weighted by molar-refractivity contribution is 6.30. The molecule has 2 aromatic carbocycles. The number of aromatic nitrogens is 2. The maximum absolute atomic E-state index is 11.6. The van der Waals surface area contributed by atoms with Crippen LogP contribution in [0.2, 0.25) is 5.02 Å². The summed E-state index contributed by atoms with van der Waals surface area (Å²) in [7, 11) is 0. The molecule has 0 bridgehead atoms. The molecule has 0 saturated carbocycles. The van der Waals surface area contributed by atoms with Gasteiger partial charge < -0.3 is 0 Å². The topological polar surface area (TPSA) is 34.9 Å². The second-order valence-corrected chi connectivity index (χ2v) is 5.99. The van der Waals surface area contributed by atoms with E-state index in [0.717, 1.165) is 22.5 Å². The van der Waals surface area contributed by atoms with Crippen molar-refractivity contribution in [2.45, 2.75) is 19.9 Å². The van der Waals surface area contributed by atoms with Crippen LogP contribution in [0, 0.1) is 0 Å². The lowest BCUT2D eigenvalue weighted by Gasteiger charge is -2.07. The van der Waals surface area contributed by atoms with Crippen LogP contribution in [0.3, 0.4) is 0 Å². The normalized spacial score (nSPS) is 10.7. The highest BCUT2D eigenvalue weighted by atomic mass is 35.5. The van der Waals surface area contributed by atoms with Gasteiger partial charge in [-0.05, 0) is 30.7 Å². The van der Waals surface area contributed by atoms with Crippen LogP contribution in [0.1, 0.15) is 18.2 Å². The summed E-state index contributed by atoms with van der Waals surface area (Å²) in [5.41, 5.74) is 3.90. The van der Waals surface area contributed by atoms with Crippen LogP contribution < -0.4 is 0 Å². The van der Waals surface area contributed by atoms with Crippen molar-refractivity contribution in [3.05, 3.63) is 76.9 Å². The Kier molecular flexibility index (Phi) is 4.58. The van der Waals surface area contributed by atoms with Gasteiger partial charge in [0.1, 0.15) is 5.78 Å². The van der Waals surface area contributed by atoms with Gasteiger partial charge in [0.2, 0.25) is 0 Å². The molecular formula is C19H17ClN2O. The number of nitrogens with zero attached hydrogens (tertiary/aromatic N) is 2. The van der Waals surface area contributed by atoms with E-state index in [2.05, 4.69) is 5.10 Å². The Morgan fingerprint density at radius 1 is 1.09 bits per heavy atom. The van der Waals surface area contributed by atoms with Crippen LogP contribution in [-0.2, 0) is 17.8 Å². The highest BCUT2D eigenvalue weighted by Gasteiger charge is 2.11. The molecule has 3 rings (SSSR count). The lowest BCUT2D eigenvalue weighted by molar-refractivity contribution is -0.116. The highest BCUT2D eigenvalue weighted by Crippen LogP contribution is 2.21. The van der Waals surface area contributed by atoms with Gasteiger partial charge in [-0.15, -0.1) is 0 Å². The third-order valence-corrected chi connectivity index (χ3v) is 3.82. The van der Waals surface area contributed by atoms with Crippen molar-refractivity contribution < 1.29 is 4.79 Å². The third-order valence-electron chi connectivity index (χ3n) is 3.58. The predicted octanol–water partition coefficient (Wildman–Crippen LogP) is 4.38. The Balaban J connectivity index is 1.97. The lowest BCUT2D eigenvalue weighted by Crippen LogP contribution is -2.09. The average Bonchev–Trinajstić information content (AvgIpc) is 2.90. The van der Waals surface area contributed by atoms with Gasteiger partial charge in [-0.3, -0.25) is 9.48 Å². The minimum absolute atomic E-state index is 0.122. The molecule has 0 atom stereocenters. The number of carbonyl (C=O) groups is 1. The number of halogens is 1. The first-order valence-electron chi connectivity index (χ1n) is 7.48. The van der Waals surface area contributed by atoms with Crippen LogP contribution >= 0.6 is 11.6 Å². The van der Waals surface area contributed by atoms with Crippen molar-refractivity contribution in [1.29, 1.82) is 0 Å². The number of Topliss-reactive ketones (excluding diaryl/α,β-unsaturated/α-hetero) is 1. The maximum Gasteiger partial charge on any atom is 0.135 e. The SMILES string of the molecule is CC(=O)Cc1cc(-c2ccccc2)nn1Cc1cccc(Cl)c1. The molecule has 116 valence electrons. The summed E-state index contributed by atoms with van der Waals surface area (Å²) in [6.45, 7) is 2.19. The Morgan fingerprint density at radius 3 is 2.57 bits per heavy atom. The molecule has 23 heavy (non-hydrogen) atoms. The molecule has 3 aromatic rings. The number of rotatable bonds is 5. The molecule has 4 heteroatoms. The largest absolute Gasteiger partial charge is 0.300 e. The molecule has 3 nitrogen and oxygen atoms in total. The molecule has 0 N–H and O–H groups in total. The van der Waals surface area contributed by atoms with Crippen LogP contribution in [0.5, 0.6) is 0 Å². The van der Waals surface area contributed by atoms with Crippen molar-refractivity contribution in [3.63, 3.8) is 0 Å². The van der Waals surface area contributed by atoms with Crippen molar-refractivity contribution in [2.75, 3.05) is 0 Å². The van der Waals surface area contributed by atoms with E-state index in [9.17, 15) is 4.79 Å². The van der Waals surface area contributed by atoms with Gasteiger partial charge in [-0.25, -0.2) is 0 Å². The van der Waals surface area contributed by atoms with Gasteiger partial charge in [0.25, 0.3) is 0 Å². The summed E-state index contributed by atoms with van der Waals surface area (Å²) in [6.07, 6.45) is 0.375.